The zero-order chi connectivity index (χ0) is 22.6. The second-order valence-electron chi connectivity index (χ2n) is 7.22. The van der Waals surface area contributed by atoms with E-state index in [0.29, 0.717) is 24.2 Å². The summed E-state index contributed by atoms with van der Waals surface area (Å²) in [6.07, 6.45) is -3.75. The summed E-state index contributed by atoms with van der Waals surface area (Å²) in [5, 5.41) is 14.5. The molecule has 0 radical (unpaired) electrons. The fourth-order valence-electron chi connectivity index (χ4n) is 3.50. The molecule has 9 heteroatoms. The van der Waals surface area contributed by atoms with Gasteiger partial charge in [0, 0.05) is 23.7 Å². The quantitative estimate of drug-likeness (QED) is 0.749. The van der Waals surface area contributed by atoms with E-state index < -0.39 is 29.3 Å². The van der Waals surface area contributed by atoms with Crippen LogP contribution >= 0.6 is 0 Å². The van der Waals surface area contributed by atoms with Crippen molar-refractivity contribution < 1.29 is 27.5 Å². The second kappa shape index (κ2) is 9.08. The summed E-state index contributed by atoms with van der Waals surface area (Å²) >= 11 is 0. The number of amides is 1. The lowest BCUT2D eigenvalue weighted by Crippen LogP contribution is -2.46. The molecule has 0 heterocycles. The van der Waals surface area contributed by atoms with Crippen LogP contribution in [0.3, 0.4) is 0 Å². The van der Waals surface area contributed by atoms with Gasteiger partial charge in [0.15, 0.2) is 5.78 Å². The number of methoxy groups -OCH3 is 1. The molecule has 1 fully saturated rings. The maximum atomic E-state index is 13.1. The molecule has 0 saturated heterocycles. The molecule has 162 valence electrons. The highest BCUT2D eigenvalue weighted by Gasteiger charge is 2.34. The van der Waals surface area contributed by atoms with Gasteiger partial charge in [-0.15, -0.1) is 0 Å². The maximum absolute atomic E-state index is 13.1. The molecule has 2 atom stereocenters. The molecule has 2 aromatic rings. The molecule has 31 heavy (non-hydrogen) atoms. The zero-order valence-corrected chi connectivity index (χ0v) is 16.6. The number of ketones is 1. The number of nitriles is 1. The number of Topliss-reactive ketones (excluding diaryl/α,β-unsaturated/α-hetero) is 1. The van der Waals surface area contributed by atoms with E-state index in [9.17, 15) is 22.8 Å². The molecular weight excluding hydrogens is 411 g/mol. The third kappa shape index (κ3) is 5.34. The van der Waals surface area contributed by atoms with Gasteiger partial charge in [-0.2, -0.15) is 18.4 Å². The fourth-order valence-corrected chi connectivity index (χ4v) is 3.50. The van der Waals surface area contributed by atoms with Crippen LogP contribution in [0.15, 0.2) is 42.5 Å². The highest BCUT2D eigenvalue weighted by molar-refractivity contribution is 5.98. The molecule has 2 N–H and O–H groups in total. The molecule has 0 aromatic heterocycles. The Balaban J connectivity index is 1.62. The smallest absolute Gasteiger partial charge is 0.417 e. The summed E-state index contributed by atoms with van der Waals surface area (Å²) in [7, 11) is 1.49. The molecule has 0 unspecified atom stereocenters. The monoisotopic (exact) mass is 431 g/mol. The summed E-state index contributed by atoms with van der Waals surface area (Å²) in [6, 6.07) is 10.4. The molecule has 3 rings (SSSR count). The average Bonchev–Trinajstić information content (AvgIpc) is 2.75. The molecule has 0 aliphatic heterocycles. The highest BCUT2D eigenvalue weighted by Crippen LogP contribution is 2.34. The van der Waals surface area contributed by atoms with E-state index in [1.807, 2.05) is 0 Å². The number of anilines is 1. The molecule has 2 aromatic carbocycles. The van der Waals surface area contributed by atoms with Crippen molar-refractivity contribution in [2.24, 2.45) is 0 Å². The fraction of sp³-hybridized carbons (Fsp3) is 0.318. The van der Waals surface area contributed by atoms with Crippen LogP contribution in [0.1, 0.15) is 40.7 Å². The number of hydrogen-bond acceptors (Lipinski definition) is 5. The summed E-state index contributed by atoms with van der Waals surface area (Å²) in [5.74, 6) is -0.0808. The normalized spacial score (nSPS) is 18.7. The minimum Gasteiger partial charge on any atom is -0.497 e. The number of benzene rings is 2. The van der Waals surface area contributed by atoms with Crippen LogP contribution in [0.2, 0.25) is 0 Å². The third-order valence-corrected chi connectivity index (χ3v) is 5.09. The van der Waals surface area contributed by atoms with Crippen molar-refractivity contribution in [3.8, 4) is 11.8 Å². The van der Waals surface area contributed by atoms with Crippen LogP contribution in [0, 0.1) is 11.3 Å². The van der Waals surface area contributed by atoms with Gasteiger partial charge in [-0.1, -0.05) is 6.07 Å². The van der Waals surface area contributed by atoms with Gasteiger partial charge in [-0.25, -0.2) is 0 Å². The van der Waals surface area contributed by atoms with Gasteiger partial charge >= 0.3 is 6.18 Å². The van der Waals surface area contributed by atoms with Crippen LogP contribution in [0.5, 0.6) is 5.75 Å². The van der Waals surface area contributed by atoms with Crippen LogP contribution in [-0.2, 0) is 11.0 Å². The number of carbonyl (C=O) groups excluding carboxylic acids is 2. The number of halogens is 3. The van der Waals surface area contributed by atoms with Crippen molar-refractivity contribution in [1.82, 2.24) is 5.32 Å². The topological polar surface area (TPSA) is 91.2 Å². The van der Waals surface area contributed by atoms with Crippen molar-refractivity contribution in [1.29, 1.82) is 5.26 Å². The Kier molecular flexibility index (Phi) is 6.49. The Morgan fingerprint density at radius 2 is 1.97 bits per heavy atom. The van der Waals surface area contributed by atoms with Crippen LogP contribution in [-0.4, -0.2) is 30.9 Å². The summed E-state index contributed by atoms with van der Waals surface area (Å²) in [4.78, 5) is 24.9. The predicted octanol–water partition coefficient (Wildman–Crippen LogP) is 3.92. The van der Waals surface area contributed by atoms with Gasteiger partial charge in [0.25, 0.3) is 5.91 Å². The standard InChI is InChI=1S/C22H20F3N3O3/c1-31-17-4-2-3-13(9-17)21(30)28-19-8-7-16(11-20(19)29)27-15-6-5-14(12-26)18(10-15)22(23,24)25/h2-6,9-10,16,19,27H,7-8,11H2,1H3,(H,28,30)/t16-,19+/m1/s1. The maximum Gasteiger partial charge on any atom is 0.417 e. The van der Waals surface area contributed by atoms with E-state index in [4.69, 9.17) is 10.00 Å². The molecule has 1 saturated carbocycles. The number of rotatable bonds is 5. The van der Waals surface area contributed by atoms with Gasteiger partial charge in [0.05, 0.1) is 30.3 Å². The first-order valence-corrected chi connectivity index (χ1v) is 9.56. The minimum atomic E-state index is -4.65. The lowest BCUT2D eigenvalue weighted by molar-refractivity contribution is -0.137. The minimum absolute atomic E-state index is 0.0599. The van der Waals surface area contributed by atoms with Crippen LogP contribution in [0.25, 0.3) is 0 Å². The molecule has 1 aliphatic carbocycles. The van der Waals surface area contributed by atoms with Gasteiger partial charge in [-0.05, 0) is 49.2 Å². The molecule has 1 aliphatic rings. The number of nitrogens with one attached hydrogen (secondary N) is 2. The first kappa shape index (κ1) is 22.2. The lowest BCUT2D eigenvalue weighted by atomic mass is 9.89. The summed E-state index contributed by atoms with van der Waals surface area (Å²) in [6.45, 7) is 0. The number of hydrogen-bond donors (Lipinski definition) is 2. The number of carbonyl (C=O) groups is 2. The van der Waals surface area contributed by atoms with E-state index in [-0.39, 0.29) is 23.9 Å². The van der Waals surface area contributed by atoms with Crippen molar-refractivity contribution in [3.63, 3.8) is 0 Å². The van der Waals surface area contributed by atoms with Gasteiger partial charge in [0.2, 0.25) is 0 Å². The Labute approximate surface area is 177 Å². The van der Waals surface area contributed by atoms with Crippen LogP contribution < -0.4 is 15.4 Å². The van der Waals surface area contributed by atoms with Gasteiger partial charge < -0.3 is 15.4 Å². The van der Waals surface area contributed by atoms with E-state index in [2.05, 4.69) is 10.6 Å². The number of ether oxygens (including phenoxy) is 1. The first-order valence-electron chi connectivity index (χ1n) is 9.56. The zero-order valence-electron chi connectivity index (χ0n) is 16.6. The van der Waals surface area contributed by atoms with Gasteiger partial charge in [-0.3, -0.25) is 9.59 Å². The Morgan fingerprint density at radius 1 is 1.19 bits per heavy atom. The largest absolute Gasteiger partial charge is 0.497 e. The van der Waals surface area contributed by atoms with E-state index in [1.54, 1.807) is 24.3 Å². The van der Waals surface area contributed by atoms with E-state index >= 15 is 0 Å². The van der Waals surface area contributed by atoms with Crippen molar-refractivity contribution >= 4 is 17.4 Å². The van der Waals surface area contributed by atoms with Gasteiger partial charge in [0.1, 0.15) is 5.75 Å². The highest BCUT2D eigenvalue weighted by atomic mass is 19.4. The van der Waals surface area contributed by atoms with Crippen molar-refractivity contribution in [3.05, 3.63) is 59.2 Å². The SMILES string of the molecule is COc1cccc(C(=O)N[C@H]2CC[C@@H](Nc3ccc(C#N)c(C(F)(F)F)c3)CC2=O)c1. The molecule has 1 amide bonds. The average molecular weight is 431 g/mol. The number of alkyl halides is 3. The van der Waals surface area contributed by atoms with Crippen LogP contribution in [0.4, 0.5) is 18.9 Å². The Bertz CT molecular complexity index is 1030. The van der Waals surface area contributed by atoms with Crippen molar-refractivity contribution in [2.75, 3.05) is 12.4 Å². The van der Waals surface area contributed by atoms with E-state index in [1.165, 1.54) is 19.2 Å². The first-order chi connectivity index (χ1) is 14.7. The van der Waals surface area contributed by atoms with Crippen molar-refractivity contribution in [2.45, 2.75) is 37.5 Å². The molecule has 0 bridgehead atoms. The molecule has 6 nitrogen and oxygen atoms in total. The Hall–Kier alpha value is -3.54. The molecular formula is C22H20F3N3O3. The Morgan fingerprint density at radius 3 is 2.61 bits per heavy atom. The number of nitrogens with zero attached hydrogens (tertiary/aromatic N) is 1. The predicted molar refractivity (Wildman–Crippen MR) is 107 cm³/mol. The molecule has 0 spiro atoms. The lowest BCUT2D eigenvalue weighted by Gasteiger charge is -2.29. The summed E-state index contributed by atoms with van der Waals surface area (Å²) in [5.41, 5.74) is -0.934. The second-order valence-corrected chi connectivity index (χ2v) is 7.22. The summed E-state index contributed by atoms with van der Waals surface area (Å²) < 4.78 is 44.5. The third-order valence-electron chi connectivity index (χ3n) is 5.09. The van der Waals surface area contributed by atoms with E-state index in [0.717, 1.165) is 12.1 Å².